The maximum atomic E-state index is 12.2. The fourth-order valence-corrected chi connectivity index (χ4v) is 2.80. The highest BCUT2D eigenvalue weighted by Crippen LogP contribution is 2.37. The first-order chi connectivity index (χ1) is 8.88. The predicted molar refractivity (Wildman–Crippen MR) is 69.6 cm³/mol. The van der Waals surface area contributed by atoms with Crippen LogP contribution in [0.5, 0.6) is 0 Å². The van der Waals surface area contributed by atoms with Crippen LogP contribution >= 0.6 is 0 Å². The van der Waals surface area contributed by atoms with Crippen LogP contribution in [0.3, 0.4) is 0 Å². The van der Waals surface area contributed by atoms with E-state index in [1.54, 1.807) is 17.9 Å². The quantitative estimate of drug-likeness (QED) is 0.865. The van der Waals surface area contributed by atoms with Gasteiger partial charge in [0.05, 0.1) is 23.2 Å². The van der Waals surface area contributed by atoms with Gasteiger partial charge in [0, 0.05) is 13.2 Å². The van der Waals surface area contributed by atoms with Crippen LogP contribution in [-0.2, 0) is 16.6 Å². The molecule has 6 heteroatoms. The number of aromatic nitrogens is 2. The summed E-state index contributed by atoms with van der Waals surface area (Å²) in [4.78, 5) is 23.4. The summed E-state index contributed by atoms with van der Waals surface area (Å²) in [7, 11) is 1.78. The first-order valence-corrected chi connectivity index (χ1v) is 6.42. The number of hydrogen-bond donors (Lipinski definition) is 2. The van der Waals surface area contributed by atoms with E-state index in [4.69, 9.17) is 0 Å². The van der Waals surface area contributed by atoms with Crippen molar-refractivity contribution in [3.8, 4) is 0 Å². The molecule has 2 rings (SSSR count). The van der Waals surface area contributed by atoms with Gasteiger partial charge in [-0.25, -0.2) is 0 Å². The molecule has 1 saturated carbocycles. The van der Waals surface area contributed by atoms with E-state index in [1.165, 1.54) is 0 Å². The van der Waals surface area contributed by atoms with Crippen molar-refractivity contribution in [2.75, 3.05) is 5.32 Å². The Balaban J connectivity index is 2.11. The lowest BCUT2D eigenvalue weighted by Gasteiger charge is -2.15. The largest absolute Gasteiger partial charge is 0.481 e. The second-order valence-electron chi connectivity index (χ2n) is 5.42. The number of nitrogens with zero attached hydrogens (tertiary/aromatic N) is 2. The number of amides is 1. The van der Waals surface area contributed by atoms with E-state index < -0.39 is 17.8 Å². The number of hydrogen-bond acceptors (Lipinski definition) is 3. The molecular weight excluding hydrogens is 246 g/mol. The van der Waals surface area contributed by atoms with E-state index in [2.05, 4.69) is 10.4 Å². The van der Waals surface area contributed by atoms with E-state index in [9.17, 15) is 14.7 Å². The van der Waals surface area contributed by atoms with E-state index in [1.807, 2.05) is 13.8 Å². The van der Waals surface area contributed by atoms with Crippen molar-refractivity contribution in [1.29, 1.82) is 0 Å². The lowest BCUT2D eigenvalue weighted by Crippen LogP contribution is -2.30. The molecule has 0 aromatic carbocycles. The summed E-state index contributed by atoms with van der Waals surface area (Å²) in [5, 5.41) is 16.1. The molecule has 1 aliphatic carbocycles. The summed E-state index contributed by atoms with van der Waals surface area (Å²) in [6.45, 7) is 3.79. The number of anilines is 1. The topological polar surface area (TPSA) is 84.2 Å². The van der Waals surface area contributed by atoms with Gasteiger partial charge in [-0.15, -0.1) is 0 Å². The molecule has 1 amide bonds. The average molecular weight is 265 g/mol. The van der Waals surface area contributed by atoms with Crippen LogP contribution in [0.15, 0.2) is 6.20 Å². The number of carbonyl (C=O) groups excluding carboxylic acids is 1. The third-order valence-corrected chi connectivity index (χ3v) is 3.72. The van der Waals surface area contributed by atoms with E-state index in [-0.39, 0.29) is 11.8 Å². The molecular formula is C13H19N3O3. The summed E-state index contributed by atoms with van der Waals surface area (Å²) < 4.78 is 1.62. The van der Waals surface area contributed by atoms with Gasteiger partial charge >= 0.3 is 5.97 Å². The number of carboxylic acids is 1. The van der Waals surface area contributed by atoms with Crippen LogP contribution in [0.25, 0.3) is 0 Å². The van der Waals surface area contributed by atoms with E-state index in [0.717, 1.165) is 5.69 Å². The Morgan fingerprint density at radius 3 is 2.58 bits per heavy atom. The number of nitrogens with one attached hydrogen (secondary N) is 1. The second kappa shape index (κ2) is 5.03. The molecule has 104 valence electrons. The fourth-order valence-electron chi connectivity index (χ4n) is 2.80. The van der Waals surface area contributed by atoms with Crippen LogP contribution in [0.4, 0.5) is 5.69 Å². The Labute approximate surface area is 111 Å². The molecule has 1 aromatic heterocycles. The highest BCUT2D eigenvalue weighted by Gasteiger charge is 2.41. The average Bonchev–Trinajstić information content (AvgIpc) is 2.83. The van der Waals surface area contributed by atoms with Crippen LogP contribution < -0.4 is 5.32 Å². The van der Waals surface area contributed by atoms with Crippen LogP contribution in [0, 0.1) is 24.7 Å². The maximum absolute atomic E-state index is 12.2. The molecule has 0 spiro atoms. The van der Waals surface area contributed by atoms with Gasteiger partial charge in [0.25, 0.3) is 0 Å². The van der Waals surface area contributed by atoms with Crippen molar-refractivity contribution in [3.63, 3.8) is 0 Å². The van der Waals surface area contributed by atoms with E-state index in [0.29, 0.717) is 18.5 Å². The zero-order valence-electron chi connectivity index (χ0n) is 11.4. The van der Waals surface area contributed by atoms with Gasteiger partial charge in [-0.1, -0.05) is 6.92 Å². The summed E-state index contributed by atoms with van der Waals surface area (Å²) >= 11 is 0. The Hall–Kier alpha value is -1.85. The number of carboxylic acid groups (broad SMARTS) is 1. The second-order valence-corrected chi connectivity index (χ2v) is 5.42. The Morgan fingerprint density at radius 2 is 2.05 bits per heavy atom. The number of carbonyl (C=O) groups is 2. The van der Waals surface area contributed by atoms with Gasteiger partial charge in [0.15, 0.2) is 0 Å². The molecule has 1 fully saturated rings. The van der Waals surface area contributed by atoms with E-state index >= 15 is 0 Å². The van der Waals surface area contributed by atoms with Crippen molar-refractivity contribution in [2.24, 2.45) is 24.8 Å². The third-order valence-electron chi connectivity index (χ3n) is 3.72. The first kappa shape index (κ1) is 13.6. The normalized spacial score (nSPS) is 26.4. The van der Waals surface area contributed by atoms with Crippen LogP contribution in [0.2, 0.25) is 0 Å². The van der Waals surface area contributed by atoms with Crippen molar-refractivity contribution in [3.05, 3.63) is 11.9 Å². The highest BCUT2D eigenvalue weighted by atomic mass is 16.4. The predicted octanol–water partition coefficient (Wildman–Crippen LogP) is 1.41. The molecule has 3 atom stereocenters. The van der Waals surface area contributed by atoms with Crippen LogP contribution in [-0.4, -0.2) is 26.8 Å². The molecule has 0 aliphatic heterocycles. The van der Waals surface area contributed by atoms with Crippen LogP contribution in [0.1, 0.15) is 25.5 Å². The SMILES string of the molecule is Cc1nn(C)cc1NC(=O)C1CC(C)CC1C(=O)O. The lowest BCUT2D eigenvalue weighted by atomic mass is 9.95. The zero-order chi connectivity index (χ0) is 14.2. The van der Waals surface area contributed by atoms with Gasteiger partial charge in [-0.2, -0.15) is 5.10 Å². The highest BCUT2D eigenvalue weighted by molar-refractivity contribution is 5.95. The number of rotatable bonds is 3. The van der Waals surface area contributed by atoms with Gasteiger partial charge in [-0.3, -0.25) is 14.3 Å². The summed E-state index contributed by atoms with van der Waals surface area (Å²) in [6.07, 6.45) is 2.92. The first-order valence-electron chi connectivity index (χ1n) is 6.42. The zero-order valence-corrected chi connectivity index (χ0v) is 11.4. The monoisotopic (exact) mass is 265 g/mol. The Kier molecular flexibility index (Phi) is 3.59. The lowest BCUT2D eigenvalue weighted by molar-refractivity contribution is -0.145. The minimum absolute atomic E-state index is 0.215. The summed E-state index contributed by atoms with van der Waals surface area (Å²) in [5.74, 6) is -1.86. The standard InChI is InChI=1S/C13H19N3O3/c1-7-4-9(10(5-7)13(18)19)12(17)14-11-6-16(3)15-8(11)2/h6-7,9-10H,4-5H2,1-3H3,(H,14,17)(H,18,19). The molecule has 2 N–H and O–H groups in total. The molecule has 0 bridgehead atoms. The van der Waals surface area contributed by atoms with Gasteiger partial charge < -0.3 is 10.4 Å². The maximum Gasteiger partial charge on any atom is 0.307 e. The van der Waals surface area contributed by atoms with Gasteiger partial charge in [0.1, 0.15) is 0 Å². The van der Waals surface area contributed by atoms with Crippen molar-refractivity contribution < 1.29 is 14.7 Å². The van der Waals surface area contributed by atoms with Crippen molar-refractivity contribution in [2.45, 2.75) is 26.7 Å². The molecule has 1 aliphatic rings. The molecule has 3 unspecified atom stereocenters. The minimum atomic E-state index is -0.882. The molecule has 0 radical (unpaired) electrons. The Bertz CT molecular complexity index is 509. The number of aliphatic carboxylic acids is 1. The molecule has 0 saturated heterocycles. The van der Waals surface area contributed by atoms with Gasteiger partial charge in [0.2, 0.25) is 5.91 Å². The van der Waals surface area contributed by atoms with Crippen molar-refractivity contribution >= 4 is 17.6 Å². The third kappa shape index (κ3) is 2.77. The fraction of sp³-hybridized carbons (Fsp3) is 0.615. The summed E-state index contributed by atoms with van der Waals surface area (Å²) in [5.41, 5.74) is 1.38. The molecule has 1 heterocycles. The molecule has 1 aromatic rings. The minimum Gasteiger partial charge on any atom is -0.481 e. The molecule has 6 nitrogen and oxygen atoms in total. The number of aryl methyl sites for hydroxylation is 2. The van der Waals surface area contributed by atoms with Crippen molar-refractivity contribution in [1.82, 2.24) is 9.78 Å². The van der Waals surface area contributed by atoms with Gasteiger partial charge in [-0.05, 0) is 25.7 Å². The smallest absolute Gasteiger partial charge is 0.307 e. The Morgan fingerprint density at radius 1 is 1.42 bits per heavy atom. The molecule has 19 heavy (non-hydrogen) atoms. The summed E-state index contributed by atoms with van der Waals surface area (Å²) in [6, 6.07) is 0.